The average Bonchev–Trinajstić information content (AvgIpc) is 2.88. The first-order chi connectivity index (χ1) is 11.7. The molecule has 6 nitrogen and oxygen atoms in total. The largest absolute Gasteiger partial charge is 0.439 e. The molecule has 25 heavy (non-hydrogen) atoms. The van der Waals surface area contributed by atoms with Gasteiger partial charge in [0.15, 0.2) is 0 Å². The van der Waals surface area contributed by atoms with Crippen LogP contribution < -0.4 is 5.32 Å². The second kappa shape index (κ2) is 6.50. The fraction of sp³-hybridized carbons (Fsp3) is 0.526. The zero-order chi connectivity index (χ0) is 18.2. The van der Waals surface area contributed by atoms with Crippen LogP contribution in [-0.2, 0) is 20.7 Å². The molecule has 134 valence electrons. The van der Waals surface area contributed by atoms with Gasteiger partial charge in [-0.15, -0.1) is 0 Å². The molecule has 2 unspecified atom stereocenters. The number of ether oxygens (including phenoxy) is 1. The number of amides is 3. The molecule has 1 aromatic rings. The van der Waals surface area contributed by atoms with E-state index in [4.69, 9.17) is 4.74 Å². The number of imide groups is 1. The summed E-state index contributed by atoms with van der Waals surface area (Å²) in [5.41, 5.74) is 2.37. The summed E-state index contributed by atoms with van der Waals surface area (Å²) in [6, 6.07) is 7.45. The minimum absolute atomic E-state index is 0.212. The third kappa shape index (κ3) is 4.00. The highest BCUT2D eigenvalue weighted by atomic mass is 16.6. The Kier molecular flexibility index (Phi) is 4.54. The van der Waals surface area contributed by atoms with Gasteiger partial charge in [-0.25, -0.2) is 4.79 Å². The highest BCUT2D eigenvalue weighted by molar-refractivity contribution is 6.01. The molecule has 6 heteroatoms. The third-order valence-electron chi connectivity index (χ3n) is 4.51. The van der Waals surface area contributed by atoms with E-state index in [0.717, 1.165) is 12.0 Å². The third-order valence-corrected chi connectivity index (χ3v) is 4.51. The highest BCUT2D eigenvalue weighted by Gasteiger charge is 2.41. The molecule has 2 saturated heterocycles. The number of rotatable bonds is 3. The summed E-state index contributed by atoms with van der Waals surface area (Å²) in [4.78, 5) is 36.8. The molecule has 3 amide bonds. The maximum atomic E-state index is 12.2. The van der Waals surface area contributed by atoms with E-state index in [1.807, 2.05) is 12.1 Å². The van der Waals surface area contributed by atoms with E-state index in [0.29, 0.717) is 13.0 Å². The topological polar surface area (TPSA) is 75.7 Å². The van der Waals surface area contributed by atoms with Gasteiger partial charge in [-0.3, -0.25) is 19.8 Å². The first-order valence-electron chi connectivity index (χ1n) is 8.63. The molecule has 2 aliphatic rings. The summed E-state index contributed by atoms with van der Waals surface area (Å²) >= 11 is 0. The molecule has 0 spiro atoms. The average molecular weight is 344 g/mol. The Morgan fingerprint density at radius 2 is 1.84 bits per heavy atom. The molecular weight excluding hydrogens is 320 g/mol. The molecule has 0 saturated carbocycles. The zero-order valence-electron chi connectivity index (χ0n) is 14.9. The number of nitrogens with zero attached hydrogens (tertiary/aromatic N) is 1. The minimum atomic E-state index is -0.629. The van der Waals surface area contributed by atoms with Crippen molar-refractivity contribution < 1.29 is 19.1 Å². The van der Waals surface area contributed by atoms with Gasteiger partial charge in [0.25, 0.3) is 0 Å². The van der Waals surface area contributed by atoms with Crippen LogP contribution in [0.1, 0.15) is 50.8 Å². The van der Waals surface area contributed by atoms with Crippen molar-refractivity contribution in [3.63, 3.8) is 0 Å². The first-order valence-corrected chi connectivity index (χ1v) is 8.63. The lowest BCUT2D eigenvalue weighted by atomic mass is 9.88. The van der Waals surface area contributed by atoms with Crippen molar-refractivity contribution in [3.05, 3.63) is 35.4 Å². The van der Waals surface area contributed by atoms with Gasteiger partial charge in [0.2, 0.25) is 11.8 Å². The maximum absolute atomic E-state index is 12.2. The molecule has 2 aliphatic heterocycles. The van der Waals surface area contributed by atoms with Crippen LogP contribution in [0.25, 0.3) is 0 Å². The van der Waals surface area contributed by atoms with Gasteiger partial charge in [-0.05, 0) is 29.4 Å². The van der Waals surface area contributed by atoms with Gasteiger partial charge in [-0.1, -0.05) is 45.0 Å². The van der Waals surface area contributed by atoms with Gasteiger partial charge in [0.05, 0.1) is 6.54 Å². The molecule has 0 radical (unpaired) electrons. The van der Waals surface area contributed by atoms with Crippen molar-refractivity contribution in [2.45, 2.75) is 52.2 Å². The number of carbonyl (C=O) groups excluding carboxylic acids is 3. The van der Waals surface area contributed by atoms with Crippen LogP contribution in [0, 0.1) is 5.41 Å². The molecule has 2 atom stereocenters. The maximum Gasteiger partial charge on any atom is 0.411 e. The zero-order valence-corrected chi connectivity index (χ0v) is 14.9. The second-order valence-corrected chi connectivity index (χ2v) is 7.97. The number of nitrogens with one attached hydrogen (secondary N) is 1. The Balaban J connectivity index is 1.68. The number of cyclic esters (lactones) is 1. The van der Waals surface area contributed by atoms with Gasteiger partial charge in [-0.2, -0.15) is 0 Å². The lowest BCUT2D eigenvalue weighted by Crippen LogP contribution is -2.52. The molecule has 2 heterocycles. The van der Waals surface area contributed by atoms with Crippen LogP contribution >= 0.6 is 0 Å². The van der Waals surface area contributed by atoms with Gasteiger partial charge in [0, 0.05) is 6.42 Å². The normalized spacial score (nSPS) is 24.3. The SMILES string of the molecule is CC(C)(C)Cc1ccc(C2CN(C3CCC(=O)NC3=O)C(=O)O2)cc1. The van der Waals surface area contributed by atoms with Crippen molar-refractivity contribution >= 4 is 17.9 Å². The van der Waals surface area contributed by atoms with Crippen molar-refractivity contribution in [3.8, 4) is 0 Å². The van der Waals surface area contributed by atoms with Gasteiger partial charge >= 0.3 is 6.09 Å². The van der Waals surface area contributed by atoms with E-state index in [9.17, 15) is 14.4 Å². The summed E-state index contributed by atoms with van der Waals surface area (Å²) in [5, 5.41) is 2.28. The molecule has 0 aliphatic carbocycles. The van der Waals surface area contributed by atoms with E-state index in [1.54, 1.807) is 0 Å². The smallest absolute Gasteiger partial charge is 0.411 e. The van der Waals surface area contributed by atoms with E-state index >= 15 is 0 Å². The summed E-state index contributed by atoms with van der Waals surface area (Å²) in [5.74, 6) is -0.714. The number of hydrogen-bond donors (Lipinski definition) is 1. The molecule has 1 N–H and O–H groups in total. The Labute approximate surface area is 147 Å². The molecule has 1 aromatic carbocycles. The predicted molar refractivity (Wildman–Crippen MR) is 91.7 cm³/mol. The van der Waals surface area contributed by atoms with E-state index in [-0.39, 0.29) is 23.8 Å². The standard InChI is InChI=1S/C19H24N2O4/c1-19(2,3)10-12-4-6-13(7-5-12)15-11-21(18(24)25-15)14-8-9-16(22)20-17(14)23/h4-7,14-15H,8-11H2,1-3H3,(H,20,22,23). The summed E-state index contributed by atoms with van der Waals surface area (Å²) in [6.45, 7) is 6.90. The lowest BCUT2D eigenvalue weighted by molar-refractivity contribution is -0.136. The molecular formula is C19H24N2O4. The molecule has 0 aromatic heterocycles. The van der Waals surface area contributed by atoms with Crippen molar-refractivity contribution in [1.29, 1.82) is 0 Å². The number of hydrogen-bond acceptors (Lipinski definition) is 4. The van der Waals surface area contributed by atoms with Crippen LogP contribution in [0.3, 0.4) is 0 Å². The molecule has 2 fully saturated rings. The minimum Gasteiger partial charge on any atom is -0.439 e. The fourth-order valence-electron chi connectivity index (χ4n) is 3.35. The Morgan fingerprint density at radius 3 is 2.44 bits per heavy atom. The quantitative estimate of drug-likeness (QED) is 0.855. The van der Waals surface area contributed by atoms with Gasteiger partial charge in [0.1, 0.15) is 12.1 Å². The number of piperidine rings is 1. The van der Waals surface area contributed by atoms with Crippen LogP contribution in [0.15, 0.2) is 24.3 Å². The Morgan fingerprint density at radius 1 is 1.16 bits per heavy atom. The lowest BCUT2D eigenvalue weighted by Gasteiger charge is -2.27. The number of carbonyl (C=O) groups is 3. The summed E-state index contributed by atoms with van der Waals surface area (Å²) in [6.07, 6.45) is 0.670. The van der Waals surface area contributed by atoms with Crippen molar-refractivity contribution in [2.75, 3.05) is 6.54 Å². The summed E-state index contributed by atoms with van der Waals surface area (Å²) in [7, 11) is 0. The Hall–Kier alpha value is -2.37. The highest BCUT2D eigenvalue weighted by Crippen LogP contribution is 2.30. The number of benzene rings is 1. The van der Waals surface area contributed by atoms with Crippen LogP contribution in [0.2, 0.25) is 0 Å². The molecule has 3 rings (SSSR count). The molecule has 0 bridgehead atoms. The van der Waals surface area contributed by atoms with Crippen molar-refractivity contribution in [2.24, 2.45) is 5.41 Å². The van der Waals surface area contributed by atoms with E-state index in [2.05, 4.69) is 38.2 Å². The van der Waals surface area contributed by atoms with E-state index < -0.39 is 18.0 Å². The summed E-state index contributed by atoms with van der Waals surface area (Å²) < 4.78 is 5.45. The fourth-order valence-corrected chi connectivity index (χ4v) is 3.35. The Bertz CT molecular complexity index is 690. The first kappa shape index (κ1) is 17.5. The van der Waals surface area contributed by atoms with Crippen molar-refractivity contribution in [1.82, 2.24) is 10.2 Å². The predicted octanol–water partition coefficient (Wildman–Crippen LogP) is 2.57. The second-order valence-electron chi connectivity index (χ2n) is 7.97. The van der Waals surface area contributed by atoms with Crippen LogP contribution in [0.4, 0.5) is 4.79 Å². The monoisotopic (exact) mass is 344 g/mol. The van der Waals surface area contributed by atoms with Gasteiger partial charge < -0.3 is 4.74 Å². The van der Waals surface area contributed by atoms with Crippen LogP contribution in [0.5, 0.6) is 0 Å². The van der Waals surface area contributed by atoms with Crippen LogP contribution in [-0.4, -0.2) is 35.4 Å². The van der Waals surface area contributed by atoms with E-state index in [1.165, 1.54) is 10.5 Å².